The van der Waals surface area contributed by atoms with E-state index in [1.54, 1.807) is 0 Å². The molecule has 0 unspecified atom stereocenters. The molecule has 0 radical (unpaired) electrons. The average molecular weight is 370 g/mol. The van der Waals surface area contributed by atoms with Gasteiger partial charge in [-0.1, -0.05) is 60.7 Å². The van der Waals surface area contributed by atoms with Crippen LogP contribution in [0.25, 0.3) is 22.3 Å². The van der Waals surface area contributed by atoms with E-state index in [0.29, 0.717) is 0 Å². The lowest BCUT2D eigenvalue weighted by Crippen LogP contribution is -1.90. The summed E-state index contributed by atoms with van der Waals surface area (Å²) in [6.45, 7) is 2.19. The Morgan fingerprint density at radius 2 is 1.20 bits per heavy atom. The SMILES string of the molecule is Cc1c(I)cc(-c2ccccc2)cc1-c1ccccc1. The molecular formula is C19H15I. The second kappa shape index (κ2) is 5.80. The molecule has 0 bridgehead atoms. The lowest BCUT2D eigenvalue weighted by atomic mass is 9.95. The van der Waals surface area contributed by atoms with Crippen molar-refractivity contribution in [1.29, 1.82) is 0 Å². The van der Waals surface area contributed by atoms with Gasteiger partial charge in [-0.05, 0) is 69.5 Å². The Bertz CT molecular complexity index is 716. The molecule has 3 aromatic carbocycles. The van der Waals surface area contributed by atoms with E-state index < -0.39 is 0 Å². The van der Waals surface area contributed by atoms with Gasteiger partial charge >= 0.3 is 0 Å². The Hall–Kier alpha value is -1.61. The second-order valence-corrected chi connectivity index (χ2v) is 6.02. The largest absolute Gasteiger partial charge is 0.0622 e. The van der Waals surface area contributed by atoms with Crippen LogP contribution in [0.3, 0.4) is 0 Å². The van der Waals surface area contributed by atoms with E-state index >= 15 is 0 Å². The molecule has 3 aromatic rings. The topological polar surface area (TPSA) is 0 Å². The molecule has 0 aliphatic rings. The van der Waals surface area contributed by atoms with Crippen LogP contribution in [0.5, 0.6) is 0 Å². The van der Waals surface area contributed by atoms with Crippen LogP contribution >= 0.6 is 22.6 Å². The van der Waals surface area contributed by atoms with Gasteiger partial charge in [0.1, 0.15) is 0 Å². The van der Waals surface area contributed by atoms with Crippen LogP contribution < -0.4 is 0 Å². The average Bonchev–Trinajstić information content (AvgIpc) is 2.51. The molecule has 0 heterocycles. The highest BCUT2D eigenvalue weighted by molar-refractivity contribution is 14.1. The van der Waals surface area contributed by atoms with Crippen molar-refractivity contribution in [2.75, 3.05) is 0 Å². The van der Waals surface area contributed by atoms with Gasteiger partial charge in [-0.25, -0.2) is 0 Å². The molecule has 0 nitrogen and oxygen atoms in total. The van der Waals surface area contributed by atoms with E-state index in [0.717, 1.165) is 0 Å². The summed E-state index contributed by atoms with van der Waals surface area (Å²) in [6.07, 6.45) is 0. The van der Waals surface area contributed by atoms with Crippen molar-refractivity contribution in [2.45, 2.75) is 6.92 Å². The van der Waals surface area contributed by atoms with E-state index in [9.17, 15) is 0 Å². The van der Waals surface area contributed by atoms with E-state index in [1.165, 1.54) is 31.4 Å². The Labute approximate surface area is 133 Å². The molecule has 98 valence electrons. The number of rotatable bonds is 2. The maximum atomic E-state index is 2.43. The maximum absolute atomic E-state index is 2.43. The van der Waals surface area contributed by atoms with Gasteiger partial charge in [0.2, 0.25) is 0 Å². The van der Waals surface area contributed by atoms with Gasteiger partial charge in [0, 0.05) is 3.57 Å². The van der Waals surface area contributed by atoms with Gasteiger partial charge < -0.3 is 0 Å². The van der Waals surface area contributed by atoms with Gasteiger partial charge in [0.15, 0.2) is 0 Å². The fourth-order valence-corrected chi connectivity index (χ4v) is 3.02. The standard InChI is InChI=1S/C19H15I/c1-14-18(16-10-6-3-7-11-16)12-17(13-19(14)20)15-8-4-2-5-9-15/h2-13H,1H3. The molecule has 0 fully saturated rings. The summed E-state index contributed by atoms with van der Waals surface area (Å²) < 4.78 is 1.31. The second-order valence-electron chi connectivity index (χ2n) is 4.86. The summed E-state index contributed by atoms with van der Waals surface area (Å²) in [5.41, 5.74) is 6.48. The number of halogens is 1. The number of hydrogen-bond donors (Lipinski definition) is 0. The summed E-state index contributed by atoms with van der Waals surface area (Å²) in [6, 6.07) is 25.7. The first-order chi connectivity index (χ1) is 9.75. The van der Waals surface area contributed by atoms with Gasteiger partial charge in [-0.15, -0.1) is 0 Å². The number of hydrogen-bond acceptors (Lipinski definition) is 0. The normalized spacial score (nSPS) is 10.5. The fraction of sp³-hybridized carbons (Fsp3) is 0.0526. The molecule has 0 atom stereocenters. The van der Waals surface area contributed by atoms with E-state index in [-0.39, 0.29) is 0 Å². The third-order valence-corrected chi connectivity index (χ3v) is 4.66. The molecule has 3 rings (SSSR count). The monoisotopic (exact) mass is 370 g/mol. The van der Waals surface area contributed by atoms with E-state index in [1.807, 2.05) is 0 Å². The van der Waals surface area contributed by atoms with Crippen molar-refractivity contribution in [3.8, 4) is 22.3 Å². The summed E-state index contributed by atoms with van der Waals surface area (Å²) in [5, 5.41) is 0. The zero-order chi connectivity index (χ0) is 13.9. The van der Waals surface area contributed by atoms with Crippen LogP contribution in [0.1, 0.15) is 5.56 Å². The molecule has 20 heavy (non-hydrogen) atoms. The van der Waals surface area contributed by atoms with Gasteiger partial charge in [0.05, 0.1) is 0 Å². The first-order valence-electron chi connectivity index (χ1n) is 6.67. The van der Waals surface area contributed by atoms with Crippen molar-refractivity contribution >= 4 is 22.6 Å². The van der Waals surface area contributed by atoms with Gasteiger partial charge in [-0.3, -0.25) is 0 Å². The third kappa shape index (κ3) is 2.63. The predicted octanol–water partition coefficient (Wildman–Crippen LogP) is 5.93. The quantitative estimate of drug-likeness (QED) is 0.490. The lowest BCUT2D eigenvalue weighted by Gasteiger charge is -2.12. The highest BCUT2D eigenvalue weighted by Crippen LogP contribution is 2.32. The molecular weight excluding hydrogens is 355 g/mol. The van der Waals surface area contributed by atoms with Crippen LogP contribution in [0.2, 0.25) is 0 Å². The molecule has 0 aliphatic carbocycles. The molecule has 0 saturated carbocycles. The van der Waals surface area contributed by atoms with Crippen molar-refractivity contribution < 1.29 is 0 Å². The Morgan fingerprint density at radius 3 is 1.80 bits per heavy atom. The van der Waals surface area contributed by atoms with Crippen molar-refractivity contribution in [1.82, 2.24) is 0 Å². The van der Waals surface area contributed by atoms with Crippen LogP contribution in [-0.4, -0.2) is 0 Å². The molecule has 0 N–H and O–H groups in total. The molecule has 0 spiro atoms. The fourth-order valence-electron chi connectivity index (χ4n) is 2.39. The summed E-state index contributed by atoms with van der Waals surface area (Å²) in [5.74, 6) is 0. The van der Waals surface area contributed by atoms with Crippen LogP contribution in [0, 0.1) is 10.5 Å². The van der Waals surface area contributed by atoms with E-state index in [4.69, 9.17) is 0 Å². The minimum absolute atomic E-state index is 1.27. The van der Waals surface area contributed by atoms with Crippen LogP contribution in [0.15, 0.2) is 72.8 Å². The number of benzene rings is 3. The third-order valence-electron chi connectivity index (χ3n) is 3.54. The molecule has 1 heteroatoms. The molecule has 0 amide bonds. The minimum Gasteiger partial charge on any atom is -0.0622 e. The lowest BCUT2D eigenvalue weighted by molar-refractivity contribution is 1.41. The van der Waals surface area contributed by atoms with Crippen molar-refractivity contribution in [3.63, 3.8) is 0 Å². The van der Waals surface area contributed by atoms with Crippen molar-refractivity contribution in [3.05, 3.63) is 81.9 Å². The first-order valence-corrected chi connectivity index (χ1v) is 7.74. The zero-order valence-electron chi connectivity index (χ0n) is 11.3. The Morgan fingerprint density at radius 1 is 0.650 bits per heavy atom. The first kappa shape index (κ1) is 13.4. The highest BCUT2D eigenvalue weighted by atomic mass is 127. The van der Waals surface area contributed by atoms with Gasteiger partial charge in [-0.2, -0.15) is 0 Å². The van der Waals surface area contributed by atoms with Crippen LogP contribution in [-0.2, 0) is 0 Å². The molecule has 0 saturated heterocycles. The van der Waals surface area contributed by atoms with Crippen molar-refractivity contribution in [2.24, 2.45) is 0 Å². The highest BCUT2D eigenvalue weighted by Gasteiger charge is 2.08. The molecule has 0 aromatic heterocycles. The predicted molar refractivity (Wildman–Crippen MR) is 94.8 cm³/mol. The van der Waals surface area contributed by atoms with Gasteiger partial charge in [0.25, 0.3) is 0 Å². The smallest absolute Gasteiger partial charge is 0.0171 e. The summed E-state index contributed by atoms with van der Waals surface area (Å²) >= 11 is 2.43. The van der Waals surface area contributed by atoms with Crippen LogP contribution in [0.4, 0.5) is 0 Å². The summed E-state index contributed by atoms with van der Waals surface area (Å²) in [7, 11) is 0. The minimum atomic E-state index is 1.27. The summed E-state index contributed by atoms with van der Waals surface area (Å²) in [4.78, 5) is 0. The Kier molecular flexibility index (Phi) is 3.88. The zero-order valence-corrected chi connectivity index (χ0v) is 13.5. The molecule has 0 aliphatic heterocycles. The maximum Gasteiger partial charge on any atom is 0.0171 e. The van der Waals surface area contributed by atoms with E-state index in [2.05, 4.69) is 102 Å². The Balaban J connectivity index is 2.19.